The fourth-order valence-corrected chi connectivity index (χ4v) is 1.62. The van der Waals surface area contributed by atoms with Gasteiger partial charge in [-0.2, -0.15) is 24.9 Å². The van der Waals surface area contributed by atoms with Crippen LogP contribution in [0.5, 0.6) is 0 Å². The Labute approximate surface area is 81.5 Å². The molecule has 0 saturated heterocycles. The molecule has 0 fully saturated rings. The summed E-state index contributed by atoms with van der Waals surface area (Å²) in [5.74, 6) is 2.36. The van der Waals surface area contributed by atoms with Crippen LogP contribution in [0.4, 0.5) is 13.2 Å². The molecule has 0 saturated carbocycles. The highest BCUT2D eigenvalue weighted by atomic mass is 32.2. The molecule has 0 amide bonds. The topological polar surface area (TPSA) is 12.0 Å². The summed E-state index contributed by atoms with van der Waals surface area (Å²) in [4.78, 5) is 0. The van der Waals surface area contributed by atoms with E-state index in [2.05, 4.69) is 19.2 Å². The van der Waals surface area contributed by atoms with E-state index in [1.165, 1.54) is 0 Å². The first-order valence-electron chi connectivity index (χ1n) is 4.27. The highest BCUT2D eigenvalue weighted by Crippen LogP contribution is 2.12. The summed E-state index contributed by atoms with van der Waals surface area (Å²) >= 11 is 1.68. The molecule has 0 aliphatic heterocycles. The van der Waals surface area contributed by atoms with E-state index in [-0.39, 0.29) is 0 Å². The first kappa shape index (κ1) is 13.1. The molecule has 0 rings (SSSR count). The van der Waals surface area contributed by atoms with Crippen molar-refractivity contribution in [1.29, 1.82) is 0 Å². The molecule has 0 spiro atoms. The molecule has 1 N–H and O–H groups in total. The lowest BCUT2D eigenvalue weighted by atomic mass is 10.3. The van der Waals surface area contributed by atoms with E-state index in [1.807, 2.05) is 0 Å². The van der Waals surface area contributed by atoms with Gasteiger partial charge in [0.05, 0.1) is 6.54 Å². The van der Waals surface area contributed by atoms with Gasteiger partial charge in [0, 0.05) is 12.3 Å². The maximum atomic E-state index is 11.6. The summed E-state index contributed by atoms with van der Waals surface area (Å²) in [6.07, 6.45) is -4.08. The average molecular weight is 215 g/mol. The van der Waals surface area contributed by atoms with Gasteiger partial charge in [-0.05, 0) is 11.7 Å². The van der Waals surface area contributed by atoms with Crippen LogP contribution in [0.25, 0.3) is 0 Å². The molecule has 0 aromatic heterocycles. The third-order valence-electron chi connectivity index (χ3n) is 1.20. The molecular weight excluding hydrogens is 199 g/mol. The maximum Gasteiger partial charge on any atom is 0.401 e. The second kappa shape index (κ2) is 6.54. The summed E-state index contributed by atoms with van der Waals surface area (Å²) in [7, 11) is 0. The lowest BCUT2D eigenvalue weighted by Crippen LogP contribution is -2.30. The standard InChI is InChI=1S/C8H16F3NS/c1-7(2)5-13-4-3-12-6-8(9,10)11/h7,12H,3-6H2,1-2H3. The van der Waals surface area contributed by atoms with Crippen LogP contribution >= 0.6 is 11.8 Å². The zero-order chi connectivity index (χ0) is 10.3. The zero-order valence-corrected chi connectivity index (χ0v) is 8.76. The van der Waals surface area contributed by atoms with Crippen LogP contribution < -0.4 is 5.32 Å². The molecule has 0 aromatic rings. The van der Waals surface area contributed by atoms with Crippen LogP contribution in [0, 0.1) is 5.92 Å². The summed E-state index contributed by atoms with van der Waals surface area (Å²) in [6, 6.07) is 0. The Hall–Kier alpha value is 0.100. The van der Waals surface area contributed by atoms with Crippen LogP contribution in [-0.2, 0) is 0 Å². The zero-order valence-electron chi connectivity index (χ0n) is 7.95. The van der Waals surface area contributed by atoms with Crippen molar-refractivity contribution in [2.75, 3.05) is 24.6 Å². The fourth-order valence-electron chi connectivity index (χ4n) is 0.693. The number of hydrogen-bond donors (Lipinski definition) is 1. The molecule has 0 aromatic carbocycles. The number of halogens is 3. The van der Waals surface area contributed by atoms with Crippen LogP contribution in [-0.4, -0.2) is 30.8 Å². The minimum Gasteiger partial charge on any atom is -0.308 e. The Morgan fingerprint density at radius 1 is 1.31 bits per heavy atom. The minimum atomic E-state index is -4.08. The van der Waals surface area contributed by atoms with Gasteiger partial charge < -0.3 is 5.32 Å². The van der Waals surface area contributed by atoms with Crippen molar-refractivity contribution in [3.8, 4) is 0 Å². The number of alkyl halides is 3. The molecule has 80 valence electrons. The van der Waals surface area contributed by atoms with Gasteiger partial charge in [-0.25, -0.2) is 0 Å². The smallest absolute Gasteiger partial charge is 0.308 e. The summed E-state index contributed by atoms with van der Waals surface area (Å²) in [5.41, 5.74) is 0. The molecule has 0 bridgehead atoms. The van der Waals surface area contributed by atoms with Gasteiger partial charge in [-0.3, -0.25) is 0 Å². The van der Waals surface area contributed by atoms with E-state index in [0.717, 1.165) is 11.5 Å². The van der Waals surface area contributed by atoms with Crippen LogP contribution in [0.3, 0.4) is 0 Å². The van der Waals surface area contributed by atoms with E-state index in [4.69, 9.17) is 0 Å². The Morgan fingerprint density at radius 3 is 2.38 bits per heavy atom. The van der Waals surface area contributed by atoms with Gasteiger partial charge in [0.15, 0.2) is 0 Å². The normalized spacial score (nSPS) is 12.5. The molecular formula is C8H16F3NS. The number of rotatable bonds is 6. The molecule has 1 nitrogen and oxygen atoms in total. The van der Waals surface area contributed by atoms with Gasteiger partial charge in [0.2, 0.25) is 0 Å². The molecule has 0 aliphatic rings. The minimum absolute atomic E-state index is 0.427. The van der Waals surface area contributed by atoms with Crippen molar-refractivity contribution in [1.82, 2.24) is 5.32 Å². The Balaban J connectivity index is 3.09. The van der Waals surface area contributed by atoms with Crippen molar-refractivity contribution in [2.45, 2.75) is 20.0 Å². The quantitative estimate of drug-likeness (QED) is 0.683. The highest BCUT2D eigenvalue weighted by Gasteiger charge is 2.25. The van der Waals surface area contributed by atoms with Crippen molar-refractivity contribution >= 4 is 11.8 Å². The van der Waals surface area contributed by atoms with Crippen LogP contribution in [0.15, 0.2) is 0 Å². The molecule has 0 aliphatic carbocycles. The van der Waals surface area contributed by atoms with Crippen LogP contribution in [0.2, 0.25) is 0 Å². The monoisotopic (exact) mass is 215 g/mol. The summed E-state index contributed by atoms with van der Waals surface area (Å²) < 4.78 is 34.9. The molecule has 0 heterocycles. The van der Waals surface area contributed by atoms with Gasteiger partial charge in [0.1, 0.15) is 0 Å². The van der Waals surface area contributed by atoms with E-state index >= 15 is 0 Å². The summed E-state index contributed by atoms with van der Waals surface area (Å²) in [6.45, 7) is 3.73. The van der Waals surface area contributed by atoms with E-state index in [0.29, 0.717) is 12.5 Å². The third-order valence-corrected chi connectivity index (χ3v) is 2.59. The average Bonchev–Trinajstić information content (AvgIpc) is 1.93. The molecule has 0 unspecified atom stereocenters. The first-order valence-corrected chi connectivity index (χ1v) is 5.42. The second-order valence-corrected chi connectivity index (χ2v) is 4.41. The Kier molecular flexibility index (Phi) is 6.59. The van der Waals surface area contributed by atoms with Crippen molar-refractivity contribution in [3.05, 3.63) is 0 Å². The highest BCUT2D eigenvalue weighted by molar-refractivity contribution is 7.99. The maximum absolute atomic E-state index is 11.6. The van der Waals surface area contributed by atoms with Crippen molar-refractivity contribution < 1.29 is 13.2 Å². The first-order chi connectivity index (χ1) is 5.92. The Morgan fingerprint density at radius 2 is 1.92 bits per heavy atom. The fraction of sp³-hybridized carbons (Fsp3) is 1.00. The van der Waals surface area contributed by atoms with E-state index in [1.54, 1.807) is 11.8 Å². The predicted molar refractivity (Wildman–Crippen MR) is 51.1 cm³/mol. The van der Waals surface area contributed by atoms with E-state index < -0.39 is 12.7 Å². The van der Waals surface area contributed by atoms with Crippen molar-refractivity contribution in [3.63, 3.8) is 0 Å². The lowest BCUT2D eigenvalue weighted by Gasteiger charge is -2.08. The van der Waals surface area contributed by atoms with E-state index in [9.17, 15) is 13.2 Å². The van der Waals surface area contributed by atoms with Gasteiger partial charge in [0.25, 0.3) is 0 Å². The largest absolute Gasteiger partial charge is 0.401 e. The van der Waals surface area contributed by atoms with Gasteiger partial charge in [-0.15, -0.1) is 0 Å². The lowest BCUT2D eigenvalue weighted by molar-refractivity contribution is -0.124. The SMILES string of the molecule is CC(C)CSCCNCC(F)(F)F. The van der Waals surface area contributed by atoms with Gasteiger partial charge >= 0.3 is 6.18 Å². The number of nitrogens with one attached hydrogen (secondary N) is 1. The molecule has 13 heavy (non-hydrogen) atoms. The number of thioether (sulfide) groups is 1. The van der Waals surface area contributed by atoms with Crippen LogP contribution in [0.1, 0.15) is 13.8 Å². The molecule has 0 atom stereocenters. The Bertz CT molecular complexity index is 125. The van der Waals surface area contributed by atoms with Crippen molar-refractivity contribution in [2.24, 2.45) is 5.92 Å². The molecule has 5 heteroatoms. The summed E-state index contributed by atoms with van der Waals surface area (Å²) in [5, 5.41) is 2.35. The van der Waals surface area contributed by atoms with Gasteiger partial charge in [-0.1, -0.05) is 13.8 Å². The number of hydrogen-bond acceptors (Lipinski definition) is 2. The third kappa shape index (κ3) is 12.1. The predicted octanol–water partition coefficient (Wildman–Crippen LogP) is 2.53. The second-order valence-electron chi connectivity index (χ2n) is 3.26. The molecule has 0 radical (unpaired) electrons.